The smallest absolute Gasteiger partial charge is 0.101 e. The quantitative estimate of drug-likeness (QED) is 0.917. The highest BCUT2D eigenvalue weighted by Crippen LogP contribution is 2.28. The first-order valence-corrected chi connectivity index (χ1v) is 6.73. The molecule has 1 N–H and O–H groups in total. The van der Waals surface area contributed by atoms with E-state index >= 15 is 0 Å². The molecule has 0 bridgehead atoms. The zero-order valence-corrected chi connectivity index (χ0v) is 11.6. The summed E-state index contributed by atoms with van der Waals surface area (Å²) in [5, 5.41) is 13.0. The molecule has 0 aliphatic rings. The fourth-order valence-electron chi connectivity index (χ4n) is 1.76. The number of aromatic nitrogens is 1. The number of aryl methyl sites for hydroxylation is 1. The van der Waals surface area contributed by atoms with Crippen LogP contribution in [0.2, 0.25) is 5.02 Å². The molecule has 0 aliphatic carbocycles. The van der Waals surface area contributed by atoms with E-state index in [-0.39, 0.29) is 6.04 Å². The van der Waals surface area contributed by atoms with Crippen molar-refractivity contribution in [1.29, 1.82) is 5.26 Å². The van der Waals surface area contributed by atoms with Gasteiger partial charge in [0.2, 0.25) is 0 Å². The monoisotopic (exact) mass is 277 g/mol. The normalized spacial score (nSPS) is 11.9. The van der Waals surface area contributed by atoms with Gasteiger partial charge in [-0.3, -0.25) is 0 Å². The van der Waals surface area contributed by atoms with E-state index in [4.69, 9.17) is 16.9 Å². The Balaban J connectivity index is 2.27. The maximum absolute atomic E-state index is 9.06. The van der Waals surface area contributed by atoms with E-state index in [1.165, 1.54) is 4.88 Å². The topological polar surface area (TPSA) is 48.7 Å². The third-order valence-electron chi connectivity index (χ3n) is 2.65. The van der Waals surface area contributed by atoms with Crippen LogP contribution in [0, 0.1) is 18.3 Å². The molecule has 0 fully saturated rings. The van der Waals surface area contributed by atoms with E-state index in [0.717, 1.165) is 11.4 Å². The Morgan fingerprint density at radius 3 is 2.89 bits per heavy atom. The predicted octanol–water partition coefficient (Wildman–Crippen LogP) is 4.15. The highest BCUT2D eigenvalue weighted by Gasteiger charge is 2.12. The van der Waals surface area contributed by atoms with Crippen molar-refractivity contribution in [3.05, 3.63) is 44.9 Å². The van der Waals surface area contributed by atoms with Gasteiger partial charge in [0.25, 0.3) is 0 Å². The van der Waals surface area contributed by atoms with Crippen molar-refractivity contribution in [1.82, 2.24) is 4.98 Å². The first-order valence-electron chi connectivity index (χ1n) is 5.48. The van der Waals surface area contributed by atoms with Crippen molar-refractivity contribution >= 4 is 28.6 Å². The Morgan fingerprint density at radius 2 is 2.28 bits per heavy atom. The fraction of sp³-hybridized carbons (Fsp3) is 0.231. The van der Waals surface area contributed by atoms with Gasteiger partial charge in [0.05, 0.1) is 28.5 Å². The molecular weight excluding hydrogens is 266 g/mol. The van der Waals surface area contributed by atoms with Crippen LogP contribution in [-0.4, -0.2) is 4.98 Å². The molecule has 0 radical (unpaired) electrons. The molecule has 1 unspecified atom stereocenters. The minimum absolute atomic E-state index is 0.100. The Labute approximate surface area is 115 Å². The maximum Gasteiger partial charge on any atom is 0.101 e. The molecule has 18 heavy (non-hydrogen) atoms. The number of anilines is 1. The van der Waals surface area contributed by atoms with Gasteiger partial charge in [-0.05, 0) is 32.0 Å². The second kappa shape index (κ2) is 5.38. The summed E-state index contributed by atoms with van der Waals surface area (Å²) in [5.41, 5.74) is 4.19. The van der Waals surface area contributed by atoms with Crippen molar-refractivity contribution in [2.75, 3.05) is 5.32 Å². The summed E-state index contributed by atoms with van der Waals surface area (Å²) >= 11 is 7.56. The summed E-state index contributed by atoms with van der Waals surface area (Å²) < 4.78 is 0. The Bertz CT molecular complexity index is 601. The van der Waals surface area contributed by atoms with Crippen LogP contribution in [0.1, 0.15) is 29.1 Å². The lowest BCUT2D eigenvalue weighted by molar-refractivity contribution is 0.890. The van der Waals surface area contributed by atoms with E-state index in [1.807, 2.05) is 19.4 Å². The van der Waals surface area contributed by atoms with Crippen LogP contribution in [0.5, 0.6) is 0 Å². The van der Waals surface area contributed by atoms with Gasteiger partial charge in [-0.15, -0.1) is 11.3 Å². The molecule has 1 aromatic carbocycles. The number of benzene rings is 1. The number of rotatable bonds is 3. The number of hydrogen-bond donors (Lipinski definition) is 1. The van der Waals surface area contributed by atoms with Gasteiger partial charge in [-0.1, -0.05) is 11.6 Å². The van der Waals surface area contributed by atoms with Crippen molar-refractivity contribution in [3.8, 4) is 6.07 Å². The van der Waals surface area contributed by atoms with Crippen LogP contribution in [0.15, 0.2) is 23.7 Å². The second-order valence-corrected chi connectivity index (χ2v) is 5.29. The lowest BCUT2D eigenvalue weighted by Crippen LogP contribution is -2.07. The van der Waals surface area contributed by atoms with Gasteiger partial charge in [-0.2, -0.15) is 5.26 Å². The summed E-state index contributed by atoms with van der Waals surface area (Å²) in [6.07, 6.45) is 0. The molecule has 2 rings (SSSR count). The van der Waals surface area contributed by atoms with Crippen molar-refractivity contribution in [3.63, 3.8) is 0 Å². The van der Waals surface area contributed by atoms with Crippen LogP contribution in [-0.2, 0) is 0 Å². The van der Waals surface area contributed by atoms with E-state index in [2.05, 4.69) is 16.4 Å². The lowest BCUT2D eigenvalue weighted by Gasteiger charge is -2.15. The van der Waals surface area contributed by atoms with Gasteiger partial charge in [0.15, 0.2) is 0 Å². The van der Waals surface area contributed by atoms with Crippen LogP contribution in [0.4, 0.5) is 5.69 Å². The molecule has 0 aliphatic heterocycles. The molecule has 2 aromatic rings. The molecule has 0 spiro atoms. The van der Waals surface area contributed by atoms with Gasteiger partial charge in [-0.25, -0.2) is 4.98 Å². The maximum atomic E-state index is 9.06. The number of halogens is 1. The minimum Gasteiger partial charge on any atom is -0.377 e. The van der Waals surface area contributed by atoms with E-state index in [9.17, 15) is 0 Å². The van der Waals surface area contributed by atoms with Gasteiger partial charge < -0.3 is 5.32 Å². The van der Waals surface area contributed by atoms with E-state index in [1.54, 1.807) is 29.5 Å². The first-order chi connectivity index (χ1) is 8.61. The third-order valence-corrected chi connectivity index (χ3v) is 4.00. The summed E-state index contributed by atoms with van der Waals surface area (Å²) in [6.45, 7) is 4.02. The third kappa shape index (κ3) is 2.63. The minimum atomic E-state index is 0.100. The molecule has 0 amide bonds. The van der Waals surface area contributed by atoms with Crippen molar-refractivity contribution in [2.45, 2.75) is 19.9 Å². The average molecular weight is 278 g/mol. The summed E-state index contributed by atoms with van der Waals surface area (Å²) in [5.74, 6) is 0. The molecule has 1 atom stereocenters. The SMILES string of the molecule is Cc1ncsc1C(C)Nc1cc(Cl)ccc1C#N. The van der Waals surface area contributed by atoms with Crippen LogP contribution >= 0.6 is 22.9 Å². The first kappa shape index (κ1) is 12.9. The van der Waals surface area contributed by atoms with E-state index < -0.39 is 0 Å². The molecule has 1 heterocycles. The summed E-state index contributed by atoms with van der Waals surface area (Å²) in [6, 6.07) is 7.46. The second-order valence-electron chi connectivity index (χ2n) is 3.97. The van der Waals surface area contributed by atoms with Gasteiger partial charge in [0.1, 0.15) is 6.07 Å². The molecule has 1 aromatic heterocycles. The Kier molecular flexibility index (Phi) is 3.85. The highest BCUT2D eigenvalue weighted by atomic mass is 35.5. The van der Waals surface area contributed by atoms with Crippen molar-refractivity contribution < 1.29 is 0 Å². The molecule has 0 saturated carbocycles. The molecule has 5 heteroatoms. The zero-order chi connectivity index (χ0) is 13.1. The Morgan fingerprint density at radius 1 is 1.50 bits per heavy atom. The molecule has 92 valence electrons. The highest BCUT2D eigenvalue weighted by molar-refractivity contribution is 7.09. The number of thiazole rings is 1. The number of hydrogen-bond acceptors (Lipinski definition) is 4. The number of nitrogens with zero attached hydrogens (tertiary/aromatic N) is 2. The average Bonchev–Trinajstić information content (AvgIpc) is 2.76. The van der Waals surface area contributed by atoms with Gasteiger partial charge in [0, 0.05) is 9.90 Å². The van der Waals surface area contributed by atoms with Crippen LogP contribution in [0.3, 0.4) is 0 Å². The predicted molar refractivity (Wildman–Crippen MR) is 75.1 cm³/mol. The van der Waals surface area contributed by atoms with Crippen LogP contribution in [0.25, 0.3) is 0 Å². The largest absolute Gasteiger partial charge is 0.377 e. The van der Waals surface area contributed by atoms with E-state index in [0.29, 0.717) is 10.6 Å². The van der Waals surface area contributed by atoms with Crippen molar-refractivity contribution in [2.24, 2.45) is 0 Å². The standard InChI is InChI=1S/C13H12ClN3S/c1-8-13(18-7-16-8)9(2)17-12-5-11(14)4-3-10(12)6-15/h3-5,7,9,17H,1-2H3. The summed E-state index contributed by atoms with van der Waals surface area (Å²) in [4.78, 5) is 5.39. The lowest BCUT2D eigenvalue weighted by atomic mass is 10.1. The molecular formula is C13H12ClN3S. The Hall–Kier alpha value is -1.57. The van der Waals surface area contributed by atoms with Gasteiger partial charge >= 0.3 is 0 Å². The summed E-state index contributed by atoms with van der Waals surface area (Å²) in [7, 11) is 0. The number of nitrogens with one attached hydrogen (secondary N) is 1. The molecule has 0 saturated heterocycles. The molecule has 3 nitrogen and oxygen atoms in total. The zero-order valence-electron chi connectivity index (χ0n) is 10.1. The number of nitriles is 1. The fourth-order valence-corrected chi connectivity index (χ4v) is 2.74. The van der Waals surface area contributed by atoms with Crippen LogP contribution < -0.4 is 5.32 Å².